The summed E-state index contributed by atoms with van der Waals surface area (Å²) in [5, 5.41) is 3.51. The smallest absolute Gasteiger partial charge is 0.236 e. The minimum atomic E-state index is 0. The lowest BCUT2D eigenvalue weighted by atomic mass is 10.3. The maximum Gasteiger partial charge on any atom is 0.236 e. The topological polar surface area (TPSA) is 64.3 Å². The molecule has 0 atom stereocenters. The number of amides is 1. The van der Waals surface area contributed by atoms with Crippen molar-refractivity contribution in [1.29, 1.82) is 0 Å². The van der Waals surface area contributed by atoms with E-state index in [4.69, 9.17) is 9.41 Å². The van der Waals surface area contributed by atoms with Crippen LogP contribution in [0.25, 0.3) is 0 Å². The van der Waals surface area contributed by atoms with Gasteiger partial charge >= 0.3 is 0 Å². The van der Waals surface area contributed by atoms with Gasteiger partial charge in [0, 0.05) is 58.8 Å². The molecule has 2 saturated heterocycles. The van der Waals surface area contributed by atoms with Gasteiger partial charge in [0.15, 0.2) is 5.96 Å². The standard InChI is InChI=1S/C21H35N5O2.HI/c1-2-3-9-22-21(23-10-8-19-7-6-17-28-19)26-15-13-24(14-16-26)18-20(27)25-11-4-5-12-25;/h6-7,17H,2-5,8-16,18H2,1H3,(H,22,23);1H. The molecule has 7 nitrogen and oxygen atoms in total. The summed E-state index contributed by atoms with van der Waals surface area (Å²) in [5.41, 5.74) is 0. The second kappa shape index (κ2) is 13.1. The first-order valence-electron chi connectivity index (χ1n) is 10.8. The molecule has 2 aliphatic rings. The molecule has 8 heteroatoms. The molecule has 0 bridgehead atoms. The summed E-state index contributed by atoms with van der Waals surface area (Å²) in [6.07, 6.45) is 7.13. The highest BCUT2D eigenvalue weighted by Gasteiger charge is 2.24. The molecule has 0 spiro atoms. The molecular formula is C21H36IN5O2. The van der Waals surface area contributed by atoms with Crippen molar-refractivity contribution in [3.05, 3.63) is 24.2 Å². The summed E-state index contributed by atoms with van der Waals surface area (Å²) in [6.45, 7) is 9.92. The van der Waals surface area contributed by atoms with Crippen LogP contribution in [0.15, 0.2) is 27.8 Å². The number of halogens is 1. The Kier molecular flexibility index (Phi) is 10.8. The minimum Gasteiger partial charge on any atom is -0.469 e. The zero-order valence-corrected chi connectivity index (χ0v) is 20.0. The van der Waals surface area contributed by atoms with E-state index in [2.05, 4.69) is 22.0 Å². The van der Waals surface area contributed by atoms with Crippen LogP contribution >= 0.6 is 24.0 Å². The molecule has 1 N–H and O–H groups in total. The third-order valence-corrected chi connectivity index (χ3v) is 5.50. The molecule has 1 amide bonds. The number of nitrogens with one attached hydrogen (secondary N) is 1. The predicted octanol–water partition coefficient (Wildman–Crippen LogP) is 2.43. The van der Waals surface area contributed by atoms with Crippen molar-refractivity contribution in [2.45, 2.75) is 39.0 Å². The van der Waals surface area contributed by atoms with Gasteiger partial charge in [0.1, 0.15) is 5.76 Å². The van der Waals surface area contributed by atoms with E-state index >= 15 is 0 Å². The second-order valence-corrected chi connectivity index (χ2v) is 7.67. The van der Waals surface area contributed by atoms with Crippen LogP contribution in [0.1, 0.15) is 38.4 Å². The lowest BCUT2D eigenvalue weighted by Gasteiger charge is -2.36. The molecule has 3 rings (SSSR count). The molecule has 164 valence electrons. The van der Waals surface area contributed by atoms with Crippen LogP contribution < -0.4 is 5.32 Å². The van der Waals surface area contributed by atoms with Crippen molar-refractivity contribution < 1.29 is 9.21 Å². The van der Waals surface area contributed by atoms with E-state index in [0.717, 1.165) is 96.2 Å². The monoisotopic (exact) mass is 517 g/mol. The van der Waals surface area contributed by atoms with E-state index in [1.165, 1.54) is 0 Å². The number of furan rings is 1. The number of hydrogen-bond acceptors (Lipinski definition) is 4. The fourth-order valence-electron chi connectivity index (χ4n) is 3.74. The summed E-state index contributed by atoms with van der Waals surface area (Å²) in [7, 11) is 0. The highest BCUT2D eigenvalue weighted by molar-refractivity contribution is 14.0. The van der Waals surface area contributed by atoms with Crippen molar-refractivity contribution >= 4 is 35.8 Å². The fourth-order valence-corrected chi connectivity index (χ4v) is 3.74. The number of carbonyl (C=O) groups is 1. The Bertz CT molecular complexity index is 609. The van der Waals surface area contributed by atoms with E-state index in [-0.39, 0.29) is 24.0 Å². The molecule has 0 radical (unpaired) electrons. The van der Waals surface area contributed by atoms with Crippen molar-refractivity contribution in [3.63, 3.8) is 0 Å². The number of hydrogen-bond donors (Lipinski definition) is 1. The largest absolute Gasteiger partial charge is 0.469 e. The van der Waals surface area contributed by atoms with Crippen LogP contribution in [-0.2, 0) is 11.2 Å². The molecule has 1 aromatic rings. The van der Waals surface area contributed by atoms with Crippen LogP contribution in [0.5, 0.6) is 0 Å². The van der Waals surface area contributed by atoms with Crippen molar-refractivity contribution in [2.75, 3.05) is 58.9 Å². The highest BCUT2D eigenvalue weighted by Crippen LogP contribution is 2.10. The number of likely N-dealkylation sites (tertiary alicyclic amines) is 1. The van der Waals surface area contributed by atoms with Gasteiger partial charge in [0.25, 0.3) is 0 Å². The number of nitrogens with zero attached hydrogens (tertiary/aromatic N) is 4. The van der Waals surface area contributed by atoms with E-state index in [1.54, 1.807) is 6.26 Å². The Labute approximate surface area is 191 Å². The van der Waals surface area contributed by atoms with Gasteiger partial charge in [-0.15, -0.1) is 24.0 Å². The Morgan fingerprint density at radius 2 is 1.90 bits per heavy atom. The van der Waals surface area contributed by atoms with Gasteiger partial charge in [-0.2, -0.15) is 0 Å². The number of guanidine groups is 1. The van der Waals surface area contributed by atoms with Crippen LogP contribution in [0.4, 0.5) is 0 Å². The first-order valence-corrected chi connectivity index (χ1v) is 10.8. The van der Waals surface area contributed by atoms with Gasteiger partial charge in [-0.1, -0.05) is 13.3 Å². The summed E-state index contributed by atoms with van der Waals surface area (Å²) in [6, 6.07) is 3.93. The van der Waals surface area contributed by atoms with Gasteiger partial charge in [-0.3, -0.25) is 14.7 Å². The van der Waals surface area contributed by atoms with Crippen LogP contribution in [-0.4, -0.2) is 85.5 Å². The third-order valence-electron chi connectivity index (χ3n) is 5.50. The Balaban J connectivity index is 0.00000300. The van der Waals surface area contributed by atoms with Crippen LogP contribution in [0.3, 0.4) is 0 Å². The number of carbonyl (C=O) groups excluding carboxylic acids is 1. The Morgan fingerprint density at radius 1 is 1.14 bits per heavy atom. The fraction of sp³-hybridized carbons (Fsp3) is 0.714. The third kappa shape index (κ3) is 7.81. The molecule has 1 aromatic heterocycles. The highest BCUT2D eigenvalue weighted by atomic mass is 127. The first-order chi connectivity index (χ1) is 13.8. The predicted molar refractivity (Wildman–Crippen MR) is 127 cm³/mol. The Morgan fingerprint density at radius 3 is 2.55 bits per heavy atom. The van der Waals surface area contributed by atoms with Crippen molar-refractivity contribution in [3.8, 4) is 0 Å². The van der Waals surface area contributed by atoms with Gasteiger partial charge in [0.2, 0.25) is 5.91 Å². The van der Waals surface area contributed by atoms with E-state index < -0.39 is 0 Å². The lowest BCUT2D eigenvalue weighted by Crippen LogP contribution is -2.54. The van der Waals surface area contributed by atoms with Crippen molar-refractivity contribution in [1.82, 2.24) is 20.0 Å². The molecule has 29 heavy (non-hydrogen) atoms. The van der Waals surface area contributed by atoms with E-state index in [9.17, 15) is 4.79 Å². The van der Waals surface area contributed by atoms with Gasteiger partial charge in [-0.25, -0.2) is 0 Å². The quantitative estimate of drug-likeness (QED) is 0.249. The zero-order chi connectivity index (χ0) is 19.6. The number of rotatable bonds is 8. The SMILES string of the molecule is CCCCN=C(NCCc1ccco1)N1CCN(CC(=O)N2CCCC2)CC1.I. The number of unbranched alkanes of at least 4 members (excludes halogenated alkanes) is 1. The summed E-state index contributed by atoms with van der Waals surface area (Å²) in [4.78, 5) is 23.8. The zero-order valence-electron chi connectivity index (χ0n) is 17.6. The van der Waals surface area contributed by atoms with Gasteiger partial charge < -0.3 is 19.5 Å². The molecule has 2 aliphatic heterocycles. The van der Waals surface area contributed by atoms with Gasteiger partial charge in [0.05, 0.1) is 12.8 Å². The molecule has 0 saturated carbocycles. The minimum absolute atomic E-state index is 0. The maximum absolute atomic E-state index is 12.4. The number of aliphatic imine (C=N–C) groups is 1. The average molecular weight is 517 g/mol. The van der Waals surface area contributed by atoms with E-state index in [0.29, 0.717) is 12.5 Å². The molecule has 0 unspecified atom stereocenters. The first kappa shape index (κ1) is 24.0. The van der Waals surface area contributed by atoms with E-state index in [1.807, 2.05) is 17.0 Å². The summed E-state index contributed by atoms with van der Waals surface area (Å²) < 4.78 is 5.42. The molecule has 0 aromatic carbocycles. The summed E-state index contributed by atoms with van der Waals surface area (Å²) in [5.74, 6) is 2.27. The molecule has 3 heterocycles. The molecule has 2 fully saturated rings. The number of piperazine rings is 1. The van der Waals surface area contributed by atoms with Gasteiger partial charge in [-0.05, 0) is 31.4 Å². The molecule has 0 aliphatic carbocycles. The van der Waals surface area contributed by atoms with Crippen LogP contribution in [0, 0.1) is 0 Å². The molecular weight excluding hydrogens is 481 g/mol. The summed E-state index contributed by atoms with van der Waals surface area (Å²) >= 11 is 0. The van der Waals surface area contributed by atoms with Crippen LogP contribution in [0.2, 0.25) is 0 Å². The normalized spacial score (nSPS) is 18.0. The second-order valence-electron chi connectivity index (χ2n) is 7.67. The van der Waals surface area contributed by atoms with Crippen molar-refractivity contribution in [2.24, 2.45) is 4.99 Å². The average Bonchev–Trinajstić information content (AvgIpc) is 3.42. The lowest BCUT2D eigenvalue weighted by molar-refractivity contribution is -0.131. The Hall–Kier alpha value is -1.29. The maximum atomic E-state index is 12.4.